The van der Waals surface area contributed by atoms with E-state index < -0.39 is 0 Å². The minimum absolute atomic E-state index is 0. The Morgan fingerprint density at radius 1 is 1.27 bits per heavy atom. The van der Waals surface area contributed by atoms with Crippen LogP contribution in [0.2, 0.25) is 0 Å². The van der Waals surface area contributed by atoms with Gasteiger partial charge in [-0.15, -0.1) is 24.0 Å². The molecule has 6 nitrogen and oxygen atoms in total. The number of hydrogen-bond acceptors (Lipinski definition) is 4. The Balaban J connectivity index is 0.00000441. The zero-order valence-corrected chi connectivity index (χ0v) is 15.7. The number of nitrogens with one attached hydrogen (secondary N) is 2. The lowest BCUT2D eigenvalue weighted by Crippen LogP contribution is -2.39. The van der Waals surface area contributed by atoms with Gasteiger partial charge in [-0.05, 0) is 26.0 Å². The molecule has 1 unspecified atom stereocenters. The van der Waals surface area contributed by atoms with E-state index in [2.05, 4.69) is 15.6 Å². The van der Waals surface area contributed by atoms with Gasteiger partial charge in [0, 0.05) is 13.1 Å². The quantitative estimate of drug-likeness (QED) is 0.337. The molecular formula is C15H26IN3O3. The number of nitrogens with zero attached hydrogens (tertiary/aromatic N) is 1. The SMILES string of the molecule is CCNC(=NCC(C)Oc1ccccc1OC)NCCO.I. The lowest BCUT2D eigenvalue weighted by Gasteiger charge is -2.16. The number of methoxy groups -OCH3 is 1. The lowest BCUT2D eigenvalue weighted by atomic mass is 10.3. The zero-order valence-electron chi connectivity index (χ0n) is 13.3. The Hall–Kier alpha value is -1.22. The van der Waals surface area contributed by atoms with Gasteiger partial charge in [-0.2, -0.15) is 0 Å². The molecular weight excluding hydrogens is 397 g/mol. The molecule has 1 aromatic carbocycles. The highest BCUT2D eigenvalue weighted by Gasteiger charge is 2.08. The molecule has 0 aromatic heterocycles. The van der Waals surface area contributed by atoms with E-state index in [0.717, 1.165) is 6.54 Å². The van der Waals surface area contributed by atoms with Gasteiger partial charge < -0.3 is 25.2 Å². The van der Waals surface area contributed by atoms with Crippen molar-refractivity contribution in [3.63, 3.8) is 0 Å². The summed E-state index contributed by atoms with van der Waals surface area (Å²) in [7, 11) is 1.62. The predicted octanol–water partition coefficient (Wildman–Crippen LogP) is 1.63. The van der Waals surface area contributed by atoms with E-state index in [1.165, 1.54) is 0 Å². The highest BCUT2D eigenvalue weighted by atomic mass is 127. The van der Waals surface area contributed by atoms with Crippen LogP contribution in [0.5, 0.6) is 11.5 Å². The van der Waals surface area contributed by atoms with Crippen LogP contribution in [0.1, 0.15) is 13.8 Å². The second kappa shape index (κ2) is 12.3. The molecule has 0 heterocycles. The Morgan fingerprint density at radius 3 is 2.55 bits per heavy atom. The van der Waals surface area contributed by atoms with Crippen molar-refractivity contribution in [1.82, 2.24) is 10.6 Å². The number of hydrogen-bond donors (Lipinski definition) is 3. The minimum Gasteiger partial charge on any atom is -0.493 e. The van der Waals surface area contributed by atoms with Crippen LogP contribution < -0.4 is 20.1 Å². The van der Waals surface area contributed by atoms with E-state index in [4.69, 9.17) is 14.6 Å². The van der Waals surface area contributed by atoms with Crippen molar-refractivity contribution in [1.29, 1.82) is 0 Å². The van der Waals surface area contributed by atoms with Gasteiger partial charge in [0.15, 0.2) is 17.5 Å². The van der Waals surface area contributed by atoms with E-state index in [-0.39, 0.29) is 36.7 Å². The van der Waals surface area contributed by atoms with Crippen molar-refractivity contribution in [2.75, 3.05) is 33.4 Å². The normalized spacial score (nSPS) is 12.1. The smallest absolute Gasteiger partial charge is 0.191 e. The Morgan fingerprint density at radius 2 is 1.95 bits per heavy atom. The number of aliphatic imine (C=N–C) groups is 1. The van der Waals surface area contributed by atoms with Crippen LogP contribution in [0, 0.1) is 0 Å². The zero-order chi connectivity index (χ0) is 15.5. The topological polar surface area (TPSA) is 75.1 Å². The highest BCUT2D eigenvalue weighted by molar-refractivity contribution is 14.0. The van der Waals surface area contributed by atoms with Gasteiger partial charge in [0.25, 0.3) is 0 Å². The largest absolute Gasteiger partial charge is 0.493 e. The number of guanidine groups is 1. The lowest BCUT2D eigenvalue weighted by molar-refractivity contribution is 0.219. The van der Waals surface area contributed by atoms with Gasteiger partial charge >= 0.3 is 0 Å². The summed E-state index contributed by atoms with van der Waals surface area (Å²) in [6, 6.07) is 7.53. The summed E-state index contributed by atoms with van der Waals surface area (Å²) >= 11 is 0. The van der Waals surface area contributed by atoms with Gasteiger partial charge in [-0.1, -0.05) is 12.1 Å². The van der Waals surface area contributed by atoms with E-state index in [1.807, 2.05) is 38.1 Å². The molecule has 22 heavy (non-hydrogen) atoms. The number of aliphatic hydroxyl groups excluding tert-OH is 1. The van der Waals surface area contributed by atoms with Crippen molar-refractivity contribution < 1.29 is 14.6 Å². The van der Waals surface area contributed by atoms with Crippen LogP contribution in [-0.2, 0) is 0 Å². The first-order valence-corrected chi connectivity index (χ1v) is 7.14. The van der Waals surface area contributed by atoms with Crippen molar-refractivity contribution in [3.8, 4) is 11.5 Å². The molecule has 0 spiro atoms. The van der Waals surface area contributed by atoms with Crippen molar-refractivity contribution in [2.24, 2.45) is 4.99 Å². The summed E-state index contributed by atoms with van der Waals surface area (Å²) in [6.07, 6.45) is -0.0918. The monoisotopic (exact) mass is 423 g/mol. The predicted molar refractivity (Wildman–Crippen MR) is 99.6 cm³/mol. The van der Waals surface area contributed by atoms with Crippen molar-refractivity contribution in [2.45, 2.75) is 20.0 Å². The molecule has 0 amide bonds. The summed E-state index contributed by atoms with van der Waals surface area (Å²) in [5.74, 6) is 2.08. The number of halogens is 1. The number of para-hydroxylation sites is 2. The summed E-state index contributed by atoms with van der Waals surface area (Å²) in [6.45, 7) is 5.74. The average molecular weight is 423 g/mol. The highest BCUT2D eigenvalue weighted by Crippen LogP contribution is 2.26. The van der Waals surface area contributed by atoms with Crippen LogP contribution in [0.3, 0.4) is 0 Å². The third-order valence-electron chi connectivity index (χ3n) is 2.65. The summed E-state index contributed by atoms with van der Waals surface area (Å²) in [4.78, 5) is 4.42. The number of rotatable bonds is 8. The first kappa shape index (κ1) is 20.8. The maximum atomic E-state index is 8.83. The summed E-state index contributed by atoms with van der Waals surface area (Å²) in [5.41, 5.74) is 0. The molecule has 7 heteroatoms. The molecule has 0 saturated heterocycles. The number of benzene rings is 1. The van der Waals surface area contributed by atoms with Gasteiger partial charge in [0.1, 0.15) is 6.10 Å². The van der Waals surface area contributed by atoms with Crippen LogP contribution >= 0.6 is 24.0 Å². The maximum Gasteiger partial charge on any atom is 0.191 e. The van der Waals surface area contributed by atoms with Crippen LogP contribution in [0.25, 0.3) is 0 Å². The standard InChI is InChI=1S/C15H25N3O3.HI/c1-4-16-15(17-9-10-19)18-11-12(2)21-14-8-6-5-7-13(14)20-3;/h5-8,12,19H,4,9-11H2,1-3H3,(H2,16,17,18);1H. The molecule has 0 aliphatic heterocycles. The first-order chi connectivity index (χ1) is 10.2. The second-order valence-corrected chi connectivity index (χ2v) is 4.45. The third kappa shape index (κ3) is 7.69. The molecule has 0 saturated carbocycles. The van der Waals surface area contributed by atoms with Crippen molar-refractivity contribution in [3.05, 3.63) is 24.3 Å². The van der Waals surface area contributed by atoms with E-state index in [1.54, 1.807) is 7.11 Å². The van der Waals surface area contributed by atoms with Gasteiger partial charge in [-0.25, -0.2) is 4.99 Å². The molecule has 0 aliphatic carbocycles. The summed E-state index contributed by atoms with van der Waals surface area (Å²) < 4.78 is 11.1. The fraction of sp³-hybridized carbons (Fsp3) is 0.533. The molecule has 0 bridgehead atoms. The minimum atomic E-state index is -0.0918. The fourth-order valence-electron chi connectivity index (χ4n) is 1.71. The average Bonchev–Trinajstić information content (AvgIpc) is 2.50. The molecule has 126 valence electrons. The Labute approximate surface area is 149 Å². The van der Waals surface area contributed by atoms with Crippen molar-refractivity contribution >= 4 is 29.9 Å². The molecule has 1 aromatic rings. The van der Waals surface area contributed by atoms with Crippen LogP contribution in [0.4, 0.5) is 0 Å². The third-order valence-corrected chi connectivity index (χ3v) is 2.65. The van der Waals surface area contributed by atoms with Crippen LogP contribution in [-0.4, -0.2) is 50.5 Å². The van der Waals surface area contributed by atoms with E-state index in [9.17, 15) is 0 Å². The molecule has 1 rings (SSSR count). The molecule has 0 radical (unpaired) electrons. The summed E-state index contributed by atoms with van der Waals surface area (Å²) in [5, 5.41) is 15.0. The molecule has 0 fully saturated rings. The molecule has 0 aliphatic rings. The van der Waals surface area contributed by atoms with Gasteiger partial charge in [0.05, 0.1) is 20.3 Å². The van der Waals surface area contributed by atoms with E-state index >= 15 is 0 Å². The fourth-order valence-corrected chi connectivity index (χ4v) is 1.71. The first-order valence-electron chi connectivity index (χ1n) is 7.14. The molecule has 1 atom stereocenters. The number of ether oxygens (including phenoxy) is 2. The maximum absolute atomic E-state index is 8.83. The second-order valence-electron chi connectivity index (χ2n) is 4.45. The van der Waals surface area contributed by atoms with E-state index in [0.29, 0.717) is 30.5 Å². The van der Waals surface area contributed by atoms with Gasteiger partial charge in [-0.3, -0.25) is 0 Å². The van der Waals surface area contributed by atoms with Crippen LogP contribution in [0.15, 0.2) is 29.3 Å². The number of aliphatic hydroxyl groups is 1. The van der Waals surface area contributed by atoms with Gasteiger partial charge in [0.2, 0.25) is 0 Å². The Bertz CT molecular complexity index is 444. The Kier molecular flexibility index (Phi) is 11.7. The molecule has 3 N–H and O–H groups in total.